The van der Waals surface area contributed by atoms with Crippen LogP contribution in [0.2, 0.25) is 0 Å². The van der Waals surface area contributed by atoms with Crippen molar-refractivity contribution >= 4 is 38.6 Å². The number of amides is 2. The van der Waals surface area contributed by atoms with Crippen LogP contribution < -0.4 is 10.9 Å². The normalized spacial score (nSPS) is 12.0. The number of nitrogens with zero attached hydrogens (tertiary/aromatic N) is 3. The summed E-state index contributed by atoms with van der Waals surface area (Å²) in [5.74, 6) is 0.632. The molecule has 3 rings (SSSR count). The maximum absolute atomic E-state index is 13.2. The molecule has 2 aromatic carbocycles. The number of halogens is 1. The highest BCUT2D eigenvalue weighted by molar-refractivity contribution is 9.10. The van der Waals surface area contributed by atoms with Gasteiger partial charge < -0.3 is 10.2 Å². The maximum atomic E-state index is 13.2. The number of benzene rings is 2. The van der Waals surface area contributed by atoms with Crippen molar-refractivity contribution in [1.29, 1.82) is 0 Å². The van der Waals surface area contributed by atoms with Gasteiger partial charge in [-0.3, -0.25) is 9.36 Å². The number of rotatable bonds is 7. The van der Waals surface area contributed by atoms with Crippen LogP contribution in [0.15, 0.2) is 57.8 Å². The van der Waals surface area contributed by atoms with Crippen LogP contribution >= 0.6 is 15.9 Å². The second-order valence-electron chi connectivity index (χ2n) is 7.06. The average molecular weight is 471 g/mol. The molecule has 7 heteroatoms. The first-order chi connectivity index (χ1) is 14.5. The van der Waals surface area contributed by atoms with Gasteiger partial charge in [0, 0.05) is 17.6 Å². The summed E-state index contributed by atoms with van der Waals surface area (Å²) in [4.78, 5) is 32.9. The number of nitrogens with one attached hydrogen (secondary N) is 1. The molecule has 1 aromatic heterocycles. The number of carbonyl (C=O) groups is 1. The van der Waals surface area contributed by atoms with Crippen molar-refractivity contribution in [1.82, 2.24) is 14.5 Å². The van der Waals surface area contributed by atoms with Crippen molar-refractivity contribution < 1.29 is 4.79 Å². The number of para-hydroxylation sites is 2. The van der Waals surface area contributed by atoms with Crippen LogP contribution in [0, 0.1) is 0 Å². The van der Waals surface area contributed by atoms with E-state index in [9.17, 15) is 9.59 Å². The van der Waals surface area contributed by atoms with Crippen LogP contribution in [-0.2, 0) is 6.54 Å². The minimum absolute atomic E-state index is 0.0573. The van der Waals surface area contributed by atoms with Crippen LogP contribution in [0.5, 0.6) is 0 Å². The summed E-state index contributed by atoms with van der Waals surface area (Å²) in [6.45, 7) is 7.03. The average Bonchev–Trinajstić information content (AvgIpc) is 2.75. The van der Waals surface area contributed by atoms with Gasteiger partial charge in [-0.25, -0.2) is 9.78 Å². The number of hydrogen-bond donors (Lipinski definition) is 1. The SMILES string of the molecule is CCCn1c(C(CC)N(CC)C(=O)Nc2ccccc2Br)nc2ccccc2c1=O. The number of hydrogen-bond acceptors (Lipinski definition) is 3. The predicted octanol–water partition coefficient (Wildman–Crippen LogP) is 5.57. The van der Waals surface area contributed by atoms with Crippen LogP contribution in [0.1, 0.15) is 45.5 Å². The molecule has 0 aliphatic carbocycles. The Morgan fingerprint density at radius 2 is 1.83 bits per heavy atom. The van der Waals surface area contributed by atoms with Crippen molar-refractivity contribution in [2.45, 2.75) is 46.2 Å². The summed E-state index contributed by atoms with van der Waals surface area (Å²) < 4.78 is 2.54. The highest BCUT2D eigenvalue weighted by Gasteiger charge is 2.27. The third-order valence-corrected chi connectivity index (χ3v) is 5.81. The smallest absolute Gasteiger partial charge is 0.315 e. The molecule has 0 saturated heterocycles. The van der Waals surface area contributed by atoms with Crippen molar-refractivity contribution in [2.75, 3.05) is 11.9 Å². The minimum Gasteiger partial charge on any atom is -0.315 e. The number of carbonyl (C=O) groups excluding carboxylic acids is 1. The van der Waals surface area contributed by atoms with Gasteiger partial charge in [-0.05, 0) is 60.0 Å². The van der Waals surface area contributed by atoms with E-state index in [1.165, 1.54) is 0 Å². The van der Waals surface area contributed by atoms with Gasteiger partial charge >= 0.3 is 6.03 Å². The molecular weight excluding hydrogens is 444 g/mol. The molecule has 0 saturated carbocycles. The van der Waals surface area contributed by atoms with Gasteiger partial charge in [-0.2, -0.15) is 0 Å². The molecule has 0 radical (unpaired) electrons. The summed E-state index contributed by atoms with van der Waals surface area (Å²) in [6.07, 6.45) is 1.45. The molecule has 0 fully saturated rings. The fourth-order valence-electron chi connectivity index (χ4n) is 3.68. The van der Waals surface area contributed by atoms with E-state index in [0.29, 0.717) is 41.9 Å². The first kappa shape index (κ1) is 22.0. The molecule has 1 N–H and O–H groups in total. The lowest BCUT2D eigenvalue weighted by Gasteiger charge is -2.31. The van der Waals surface area contributed by atoms with Gasteiger partial charge in [-0.1, -0.05) is 38.1 Å². The highest BCUT2D eigenvalue weighted by atomic mass is 79.9. The second kappa shape index (κ2) is 9.89. The van der Waals surface area contributed by atoms with Crippen molar-refractivity contribution in [2.24, 2.45) is 0 Å². The molecule has 6 nitrogen and oxygen atoms in total. The van der Waals surface area contributed by atoms with E-state index in [2.05, 4.69) is 21.2 Å². The van der Waals surface area contributed by atoms with Crippen molar-refractivity contribution in [3.8, 4) is 0 Å². The predicted molar refractivity (Wildman–Crippen MR) is 125 cm³/mol. The highest BCUT2D eigenvalue weighted by Crippen LogP contribution is 2.26. The Hall–Kier alpha value is -2.67. The Bertz CT molecular complexity index is 1100. The molecule has 1 unspecified atom stereocenters. The van der Waals surface area contributed by atoms with Gasteiger partial charge in [0.25, 0.3) is 5.56 Å². The van der Waals surface area contributed by atoms with E-state index in [0.717, 1.165) is 10.9 Å². The molecule has 0 bridgehead atoms. The summed E-state index contributed by atoms with van der Waals surface area (Å²) in [5.41, 5.74) is 1.30. The molecular formula is C23H27BrN4O2. The van der Waals surface area contributed by atoms with Gasteiger partial charge in [0.1, 0.15) is 5.82 Å². The lowest BCUT2D eigenvalue weighted by atomic mass is 10.1. The molecule has 158 valence electrons. The first-order valence-electron chi connectivity index (χ1n) is 10.3. The zero-order valence-electron chi connectivity index (χ0n) is 17.6. The summed E-state index contributed by atoms with van der Waals surface area (Å²) in [6, 6.07) is 14.3. The van der Waals surface area contributed by atoms with Gasteiger partial charge in [-0.15, -0.1) is 0 Å². The maximum Gasteiger partial charge on any atom is 0.322 e. The Balaban J connectivity index is 2.05. The summed E-state index contributed by atoms with van der Waals surface area (Å²) >= 11 is 3.47. The van der Waals surface area contributed by atoms with E-state index >= 15 is 0 Å². The van der Waals surface area contributed by atoms with Crippen LogP contribution in [0.3, 0.4) is 0 Å². The molecule has 1 atom stereocenters. The Morgan fingerprint density at radius 1 is 1.13 bits per heavy atom. The van der Waals surface area contributed by atoms with E-state index in [1.54, 1.807) is 15.5 Å². The van der Waals surface area contributed by atoms with Gasteiger partial charge in [0.05, 0.1) is 22.6 Å². The summed E-state index contributed by atoms with van der Waals surface area (Å²) in [5, 5.41) is 3.58. The molecule has 0 aliphatic rings. The van der Waals surface area contributed by atoms with E-state index in [1.807, 2.05) is 63.2 Å². The van der Waals surface area contributed by atoms with Gasteiger partial charge in [0.2, 0.25) is 0 Å². The van der Waals surface area contributed by atoms with E-state index in [4.69, 9.17) is 4.98 Å². The van der Waals surface area contributed by atoms with Crippen LogP contribution in [-0.4, -0.2) is 27.0 Å². The monoisotopic (exact) mass is 470 g/mol. The zero-order chi connectivity index (χ0) is 21.7. The lowest BCUT2D eigenvalue weighted by molar-refractivity contribution is 0.184. The fraction of sp³-hybridized carbons (Fsp3) is 0.348. The largest absolute Gasteiger partial charge is 0.322 e. The topological polar surface area (TPSA) is 67.2 Å². The molecule has 1 heterocycles. The van der Waals surface area contributed by atoms with E-state index in [-0.39, 0.29) is 17.6 Å². The van der Waals surface area contributed by atoms with Crippen LogP contribution in [0.25, 0.3) is 10.9 Å². The van der Waals surface area contributed by atoms with Crippen LogP contribution in [0.4, 0.5) is 10.5 Å². The minimum atomic E-state index is -0.318. The summed E-state index contributed by atoms with van der Waals surface area (Å²) in [7, 11) is 0. The molecule has 30 heavy (non-hydrogen) atoms. The van der Waals surface area contributed by atoms with Crippen molar-refractivity contribution in [3.63, 3.8) is 0 Å². The Kier molecular flexibility index (Phi) is 7.26. The van der Waals surface area contributed by atoms with Crippen molar-refractivity contribution in [3.05, 3.63) is 69.2 Å². The first-order valence-corrected chi connectivity index (χ1v) is 11.1. The number of urea groups is 1. The zero-order valence-corrected chi connectivity index (χ0v) is 19.1. The second-order valence-corrected chi connectivity index (χ2v) is 7.92. The lowest BCUT2D eigenvalue weighted by Crippen LogP contribution is -2.41. The quantitative estimate of drug-likeness (QED) is 0.490. The number of fused-ring (bicyclic) bond motifs is 1. The molecule has 3 aromatic rings. The third kappa shape index (κ3) is 4.41. The Labute approximate surface area is 185 Å². The number of aromatic nitrogens is 2. The molecule has 0 spiro atoms. The number of anilines is 1. The van der Waals surface area contributed by atoms with Gasteiger partial charge in [0.15, 0.2) is 0 Å². The standard InChI is InChI=1S/C23H27BrN4O2/c1-4-15-28-21(25-18-13-9-7-11-16(18)22(28)29)20(5-2)27(6-3)23(30)26-19-14-10-8-12-17(19)24/h7-14,20H,4-6,15H2,1-3H3,(H,26,30). The van der Waals surface area contributed by atoms with E-state index < -0.39 is 0 Å². The molecule has 2 amide bonds. The fourth-order valence-corrected chi connectivity index (χ4v) is 4.06. The Morgan fingerprint density at radius 3 is 2.50 bits per heavy atom. The third-order valence-electron chi connectivity index (χ3n) is 5.12. The molecule has 0 aliphatic heterocycles.